The number of carbonyl (C=O) groups is 2. The molecule has 100 valence electrons. The summed E-state index contributed by atoms with van der Waals surface area (Å²) in [7, 11) is 0. The predicted octanol–water partition coefficient (Wildman–Crippen LogP) is 4.31. The van der Waals surface area contributed by atoms with Crippen LogP contribution in [0.2, 0.25) is 0 Å². The first-order valence-electron chi connectivity index (χ1n) is 7.21. The normalized spacial score (nSPS) is 12.4. The maximum atomic E-state index is 11.4. The third-order valence-electron chi connectivity index (χ3n) is 3.21. The highest BCUT2D eigenvalue weighted by Gasteiger charge is 2.07. The second kappa shape index (κ2) is 11.8. The fourth-order valence-electron chi connectivity index (χ4n) is 1.97. The van der Waals surface area contributed by atoms with Gasteiger partial charge < -0.3 is 4.79 Å². The average molecular weight is 240 g/mol. The van der Waals surface area contributed by atoms with Gasteiger partial charge in [-0.05, 0) is 25.7 Å². The summed E-state index contributed by atoms with van der Waals surface area (Å²) in [5.74, 6) is 0.615. The largest absolute Gasteiger partial charge is 0.303 e. The molecule has 2 heteroatoms. The zero-order chi connectivity index (χ0) is 12.9. The van der Waals surface area contributed by atoms with E-state index < -0.39 is 0 Å². The van der Waals surface area contributed by atoms with E-state index in [0.717, 1.165) is 64.1 Å². The van der Waals surface area contributed by atoms with E-state index in [0.29, 0.717) is 12.2 Å². The van der Waals surface area contributed by atoms with Crippen LogP contribution in [0.25, 0.3) is 0 Å². The molecule has 0 N–H and O–H groups in total. The molecule has 0 bridgehead atoms. The Morgan fingerprint density at radius 3 is 2.12 bits per heavy atom. The number of aldehydes is 1. The van der Waals surface area contributed by atoms with Crippen molar-refractivity contribution in [3.63, 3.8) is 0 Å². The van der Waals surface area contributed by atoms with Gasteiger partial charge in [-0.2, -0.15) is 0 Å². The van der Waals surface area contributed by atoms with E-state index in [-0.39, 0.29) is 5.92 Å². The van der Waals surface area contributed by atoms with Gasteiger partial charge >= 0.3 is 0 Å². The van der Waals surface area contributed by atoms with Crippen LogP contribution in [0, 0.1) is 5.92 Å². The first kappa shape index (κ1) is 16.3. The van der Waals surface area contributed by atoms with E-state index in [1.807, 2.05) is 0 Å². The van der Waals surface area contributed by atoms with Gasteiger partial charge in [0, 0.05) is 18.8 Å². The number of unbranched alkanes of at least 4 members (excludes halogenated alkanes) is 3. The van der Waals surface area contributed by atoms with Crippen molar-refractivity contribution in [3.05, 3.63) is 0 Å². The minimum Gasteiger partial charge on any atom is -0.303 e. The quantitative estimate of drug-likeness (QED) is 0.376. The molecule has 0 unspecified atom stereocenters. The summed E-state index contributed by atoms with van der Waals surface area (Å²) in [6, 6.07) is 0. The lowest BCUT2D eigenvalue weighted by molar-refractivity contribution is -0.119. The molecule has 0 saturated heterocycles. The third-order valence-corrected chi connectivity index (χ3v) is 3.21. The average Bonchev–Trinajstić information content (AvgIpc) is 2.35. The fraction of sp³-hybridized carbons (Fsp3) is 0.867. The minimum absolute atomic E-state index is 0.223. The Morgan fingerprint density at radius 2 is 1.53 bits per heavy atom. The number of Topliss-reactive ketones (excluding diaryl/α,β-unsaturated/α-hetero) is 1. The maximum absolute atomic E-state index is 11.4. The van der Waals surface area contributed by atoms with Crippen molar-refractivity contribution in [1.82, 2.24) is 0 Å². The van der Waals surface area contributed by atoms with Crippen LogP contribution in [-0.4, -0.2) is 12.1 Å². The van der Waals surface area contributed by atoms with E-state index in [1.54, 1.807) is 0 Å². The van der Waals surface area contributed by atoms with Crippen LogP contribution >= 0.6 is 0 Å². The van der Waals surface area contributed by atoms with Crippen molar-refractivity contribution >= 4 is 12.1 Å². The Hall–Kier alpha value is -0.660. The van der Waals surface area contributed by atoms with Gasteiger partial charge in [0.05, 0.1) is 0 Å². The van der Waals surface area contributed by atoms with Gasteiger partial charge in [-0.3, -0.25) is 4.79 Å². The predicted molar refractivity (Wildman–Crippen MR) is 72.1 cm³/mol. The van der Waals surface area contributed by atoms with Crippen LogP contribution in [0.1, 0.15) is 78.1 Å². The Kier molecular flexibility index (Phi) is 11.4. The summed E-state index contributed by atoms with van der Waals surface area (Å²) in [5, 5.41) is 0. The molecule has 0 saturated carbocycles. The molecule has 2 nitrogen and oxygen atoms in total. The van der Waals surface area contributed by atoms with Crippen molar-refractivity contribution in [2.45, 2.75) is 78.1 Å². The summed E-state index contributed by atoms with van der Waals surface area (Å²) in [6.07, 6.45) is 10.9. The van der Waals surface area contributed by atoms with E-state index in [9.17, 15) is 9.59 Å². The van der Waals surface area contributed by atoms with E-state index in [4.69, 9.17) is 0 Å². The first-order valence-corrected chi connectivity index (χ1v) is 7.21. The number of hydrogen-bond acceptors (Lipinski definition) is 2. The van der Waals surface area contributed by atoms with Crippen LogP contribution in [0.5, 0.6) is 0 Å². The molecule has 0 heterocycles. The number of hydrogen-bond donors (Lipinski definition) is 0. The fourth-order valence-corrected chi connectivity index (χ4v) is 1.97. The molecule has 0 aliphatic rings. The van der Waals surface area contributed by atoms with E-state index in [2.05, 4.69) is 13.8 Å². The number of rotatable bonds is 12. The van der Waals surface area contributed by atoms with Gasteiger partial charge in [-0.15, -0.1) is 0 Å². The van der Waals surface area contributed by atoms with Crippen LogP contribution in [-0.2, 0) is 9.59 Å². The molecule has 0 aromatic heterocycles. The minimum atomic E-state index is 0.223. The zero-order valence-corrected chi connectivity index (χ0v) is 11.5. The van der Waals surface area contributed by atoms with Crippen molar-refractivity contribution < 1.29 is 9.59 Å². The molecule has 17 heavy (non-hydrogen) atoms. The zero-order valence-electron chi connectivity index (χ0n) is 11.5. The van der Waals surface area contributed by atoms with Gasteiger partial charge in [-0.25, -0.2) is 0 Å². The summed E-state index contributed by atoms with van der Waals surface area (Å²) in [5.41, 5.74) is 0. The van der Waals surface area contributed by atoms with Gasteiger partial charge in [0.2, 0.25) is 0 Å². The van der Waals surface area contributed by atoms with Crippen LogP contribution in [0.4, 0.5) is 0 Å². The molecular weight excluding hydrogens is 212 g/mol. The standard InChI is InChI=1S/C15H28O2/c1-3-5-9-14(13-16)10-7-8-12-15(17)11-6-4-2/h13-14H,3-12H2,1-2H3/t14-/m1/s1. The molecule has 0 aromatic carbocycles. The molecule has 0 aromatic rings. The second-order valence-electron chi connectivity index (χ2n) is 4.93. The third kappa shape index (κ3) is 10.2. The van der Waals surface area contributed by atoms with Gasteiger partial charge in [0.1, 0.15) is 12.1 Å². The monoisotopic (exact) mass is 240 g/mol. The smallest absolute Gasteiger partial charge is 0.132 e. The Labute approximate surface area is 106 Å². The summed E-state index contributed by atoms with van der Waals surface area (Å²) in [6.45, 7) is 4.25. The van der Waals surface area contributed by atoms with E-state index in [1.165, 1.54) is 0 Å². The SMILES string of the molecule is CCCCC(=O)CCCC[C@H](C=O)CCCC. The lowest BCUT2D eigenvalue weighted by Gasteiger charge is -2.08. The topological polar surface area (TPSA) is 34.1 Å². The number of ketones is 1. The Morgan fingerprint density at radius 1 is 0.941 bits per heavy atom. The summed E-state index contributed by atoms with van der Waals surface area (Å²) >= 11 is 0. The van der Waals surface area contributed by atoms with E-state index >= 15 is 0 Å². The van der Waals surface area contributed by atoms with Gasteiger partial charge in [-0.1, -0.05) is 39.5 Å². The molecule has 0 aliphatic carbocycles. The Balaban J connectivity index is 3.47. The van der Waals surface area contributed by atoms with Crippen LogP contribution in [0.15, 0.2) is 0 Å². The number of carbonyl (C=O) groups excluding carboxylic acids is 2. The van der Waals surface area contributed by atoms with Crippen molar-refractivity contribution in [1.29, 1.82) is 0 Å². The highest BCUT2D eigenvalue weighted by atomic mass is 16.1. The Bertz CT molecular complexity index is 199. The molecule has 0 aliphatic heterocycles. The molecule has 1 atom stereocenters. The molecular formula is C15H28O2. The lowest BCUT2D eigenvalue weighted by Crippen LogP contribution is -2.03. The molecule has 0 rings (SSSR count). The van der Waals surface area contributed by atoms with Crippen LogP contribution in [0.3, 0.4) is 0 Å². The second-order valence-corrected chi connectivity index (χ2v) is 4.93. The highest BCUT2D eigenvalue weighted by molar-refractivity contribution is 5.78. The molecule has 0 spiro atoms. The summed E-state index contributed by atoms with van der Waals surface area (Å²) < 4.78 is 0. The van der Waals surface area contributed by atoms with Crippen molar-refractivity contribution in [2.24, 2.45) is 5.92 Å². The maximum Gasteiger partial charge on any atom is 0.132 e. The van der Waals surface area contributed by atoms with Crippen molar-refractivity contribution in [2.75, 3.05) is 0 Å². The van der Waals surface area contributed by atoms with Gasteiger partial charge in [0.25, 0.3) is 0 Å². The molecule has 0 amide bonds. The molecule has 0 fully saturated rings. The van der Waals surface area contributed by atoms with Crippen molar-refractivity contribution in [3.8, 4) is 0 Å². The first-order chi connectivity index (χ1) is 8.24. The molecule has 0 radical (unpaired) electrons. The highest BCUT2D eigenvalue weighted by Crippen LogP contribution is 2.15. The van der Waals surface area contributed by atoms with Gasteiger partial charge in [0.15, 0.2) is 0 Å². The lowest BCUT2D eigenvalue weighted by atomic mass is 9.96. The van der Waals surface area contributed by atoms with Crippen LogP contribution < -0.4 is 0 Å². The summed E-state index contributed by atoms with van der Waals surface area (Å²) in [4.78, 5) is 22.2.